The second kappa shape index (κ2) is 3.87. The average Bonchev–Trinajstić information content (AvgIpc) is 2.24. The van der Waals surface area contributed by atoms with E-state index in [-0.39, 0.29) is 12.1 Å². The van der Waals surface area contributed by atoms with E-state index in [0.717, 1.165) is 0 Å². The highest BCUT2D eigenvalue weighted by Gasteiger charge is 2.06. The lowest BCUT2D eigenvalue weighted by molar-refractivity contribution is 0.756. The van der Waals surface area contributed by atoms with Crippen molar-refractivity contribution in [1.29, 1.82) is 0 Å². The Morgan fingerprint density at radius 1 is 1.47 bits per heavy atom. The lowest BCUT2D eigenvalue weighted by Crippen LogP contribution is -2.21. The topological polar surface area (TPSA) is 34.9 Å². The summed E-state index contributed by atoms with van der Waals surface area (Å²) < 4.78 is 1.88. The minimum absolute atomic E-state index is 0.120. The van der Waals surface area contributed by atoms with Gasteiger partial charge in [0.2, 0.25) is 0 Å². The fraction of sp³-hybridized carbons (Fsp3) is 0.0909. The molecule has 0 amide bonds. The molecule has 1 heterocycles. The molecular weight excluding hydrogens is 256 g/mol. The van der Waals surface area contributed by atoms with Crippen LogP contribution in [-0.2, 0) is 6.54 Å². The number of rotatable bonds is 1. The van der Waals surface area contributed by atoms with Crippen molar-refractivity contribution in [2.75, 3.05) is 0 Å². The molecule has 0 aliphatic heterocycles. The molecule has 0 unspecified atom stereocenters. The molecular formula is C11H7BrN2O. The molecule has 4 heteroatoms. The molecule has 74 valence electrons. The lowest BCUT2D eigenvalue weighted by atomic mass is 10.2. The van der Waals surface area contributed by atoms with Crippen LogP contribution in [-0.4, -0.2) is 9.55 Å². The third-order valence-corrected chi connectivity index (χ3v) is 2.67. The van der Waals surface area contributed by atoms with E-state index in [2.05, 4.69) is 26.8 Å². The minimum atomic E-state index is -0.120. The van der Waals surface area contributed by atoms with Crippen LogP contribution in [0.3, 0.4) is 0 Å². The van der Waals surface area contributed by atoms with Crippen molar-refractivity contribution in [2.45, 2.75) is 6.54 Å². The smallest absolute Gasteiger partial charge is 0.262 e. The molecule has 1 aromatic carbocycles. The molecule has 2 rings (SSSR count). The summed E-state index contributed by atoms with van der Waals surface area (Å²) in [6.07, 6.45) is 5.18. The van der Waals surface area contributed by atoms with Crippen LogP contribution in [0.25, 0.3) is 10.9 Å². The van der Waals surface area contributed by atoms with Crippen molar-refractivity contribution >= 4 is 26.8 Å². The Hall–Kier alpha value is -1.60. The minimum Gasteiger partial charge on any atom is -0.275 e. The molecule has 0 spiro atoms. The molecule has 0 aliphatic carbocycles. The summed E-state index contributed by atoms with van der Waals surface area (Å²) in [5, 5.41) is 0.580. The summed E-state index contributed by atoms with van der Waals surface area (Å²) in [5.74, 6) is 2.42. The van der Waals surface area contributed by atoms with Crippen LogP contribution in [0.2, 0.25) is 0 Å². The van der Waals surface area contributed by atoms with Gasteiger partial charge in [0.15, 0.2) is 4.73 Å². The van der Waals surface area contributed by atoms with Gasteiger partial charge in [0.1, 0.15) is 0 Å². The van der Waals surface area contributed by atoms with Gasteiger partial charge in [-0.05, 0) is 28.1 Å². The highest BCUT2D eigenvalue weighted by molar-refractivity contribution is 9.10. The van der Waals surface area contributed by atoms with E-state index >= 15 is 0 Å². The summed E-state index contributed by atoms with van der Waals surface area (Å²) >= 11 is 3.23. The van der Waals surface area contributed by atoms with Gasteiger partial charge in [-0.1, -0.05) is 18.1 Å². The van der Waals surface area contributed by atoms with E-state index in [1.165, 1.54) is 4.57 Å². The lowest BCUT2D eigenvalue weighted by Gasteiger charge is -2.05. The fourth-order valence-electron chi connectivity index (χ4n) is 1.37. The van der Waals surface area contributed by atoms with E-state index < -0.39 is 0 Å². The molecule has 0 atom stereocenters. The van der Waals surface area contributed by atoms with Gasteiger partial charge in [-0.25, -0.2) is 4.98 Å². The molecule has 0 fully saturated rings. The number of halogens is 1. The van der Waals surface area contributed by atoms with Gasteiger partial charge in [-0.3, -0.25) is 9.36 Å². The van der Waals surface area contributed by atoms with Crippen LogP contribution in [0, 0.1) is 12.3 Å². The predicted octanol–water partition coefficient (Wildman–Crippen LogP) is 1.79. The summed E-state index contributed by atoms with van der Waals surface area (Å²) in [7, 11) is 0. The van der Waals surface area contributed by atoms with Crippen LogP contribution in [0.15, 0.2) is 33.8 Å². The number of hydrogen-bond acceptors (Lipinski definition) is 2. The Morgan fingerprint density at radius 3 is 2.93 bits per heavy atom. The maximum Gasteiger partial charge on any atom is 0.262 e. The maximum absolute atomic E-state index is 11.9. The van der Waals surface area contributed by atoms with Crippen LogP contribution < -0.4 is 5.56 Å². The normalized spacial score (nSPS) is 10.1. The largest absolute Gasteiger partial charge is 0.275 e. The summed E-state index contributed by atoms with van der Waals surface area (Å²) in [5.41, 5.74) is 0.549. The zero-order chi connectivity index (χ0) is 10.8. The van der Waals surface area contributed by atoms with E-state index in [4.69, 9.17) is 6.42 Å². The summed E-state index contributed by atoms with van der Waals surface area (Å²) in [6.45, 7) is 0.219. The number of fused-ring (bicyclic) bond motifs is 1. The third-order valence-electron chi connectivity index (χ3n) is 2.06. The molecule has 0 radical (unpaired) electrons. The van der Waals surface area contributed by atoms with E-state index in [1.807, 2.05) is 6.07 Å². The zero-order valence-corrected chi connectivity index (χ0v) is 9.36. The first-order chi connectivity index (χ1) is 7.24. The molecule has 15 heavy (non-hydrogen) atoms. The SMILES string of the molecule is C#CCn1c(Br)nc2ccccc2c1=O. The molecule has 0 saturated carbocycles. The molecule has 1 aromatic heterocycles. The number of terminal acetylenes is 1. The Kier molecular flexibility index (Phi) is 2.57. The Balaban J connectivity index is 2.86. The van der Waals surface area contributed by atoms with Crippen LogP contribution in [0.5, 0.6) is 0 Å². The van der Waals surface area contributed by atoms with E-state index in [9.17, 15) is 4.79 Å². The standard InChI is InChI=1S/C11H7BrN2O/c1-2-7-14-10(15)8-5-3-4-6-9(8)13-11(14)12/h1,3-6H,7H2. The first kappa shape index (κ1) is 9.94. The van der Waals surface area contributed by atoms with Crippen molar-refractivity contribution in [3.05, 3.63) is 39.4 Å². The van der Waals surface area contributed by atoms with Gasteiger partial charge < -0.3 is 0 Å². The quantitative estimate of drug-likeness (QED) is 0.580. The van der Waals surface area contributed by atoms with Gasteiger partial charge in [-0.2, -0.15) is 0 Å². The van der Waals surface area contributed by atoms with Crippen molar-refractivity contribution < 1.29 is 0 Å². The maximum atomic E-state index is 11.9. The molecule has 0 saturated heterocycles. The number of aromatic nitrogens is 2. The Morgan fingerprint density at radius 2 is 2.20 bits per heavy atom. The van der Waals surface area contributed by atoms with Gasteiger partial charge in [0.25, 0.3) is 5.56 Å². The molecule has 0 bridgehead atoms. The monoisotopic (exact) mass is 262 g/mol. The second-order valence-electron chi connectivity index (χ2n) is 2.99. The van der Waals surface area contributed by atoms with Gasteiger partial charge in [0, 0.05) is 0 Å². The molecule has 0 N–H and O–H groups in total. The second-order valence-corrected chi connectivity index (χ2v) is 3.70. The Bertz CT molecular complexity index is 610. The van der Waals surface area contributed by atoms with Crippen molar-refractivity contribution in [1.82, 2.24) is 9.55 Å². The van der Waals surface area contributed by atoms with Gasteiger partial charge >= 0.3 is 0 Å². The summed E-state index contributed by atoms with van der Waals surface area (Å²) in [4.78, 5) is 16.2. The van der Waals surface area contributed by atoms with Crippen LogP contribution in [0.4, 0.5) is 0 Å². The summed E-state index contributed by atoms with van der Waals surface area (Å²) in [6, 6.07) is 7.18. The van der Waals surface area contributed by atoms with Crippen LogP contribution >= 0.6 is 15.9 Å². The number of para-hydroxylation sites is 1. The number of benzene rings is 1. The van der Waals surface area contributed by atoms with E-state index in [0.29, 0.717) is 15.6 Å². The zero-order valence-electron chi connectivity index (χ0n) is 7.77. The fourth-order valence-corrected chi connectivity index (χ4v) is 1.85. The molecule has 2 aromatic rings. The third kappa shape index (κ3) is 1.66. The van der Waals surface area contributed by atoms with Gasteiger partial charge in [0.05, 0.1) is 17.4 Å². The van der Waals surface area contributed by atoms with E-state index in [1.54, 1.807) is 18.2 Å². The highest BCUT2D eigenvalue weighted by Crippen LogP contribution is 2.11. The Labute approximate surface area is 94.9 Å². The predicted molar refractivity (Wildman–Crippen MR) is 62.5 cm³/mol. The van der Waals surface area contributed by atoms with Crippen molar-refractivity contribution in [3.63, 3.8) is 0 Å². The highest BCUT2D eigenvalue weighted by atomic mass is 79.9. The van der Waals surface area contributed by atoms with Crippen molar-refractivity contribution in [2.24, 2.45) is 0 Å². The molecule has 0 aliphatic rings. The van der Waals surface area contributed by atoms with Crippen LogP contribution in [0.1, 0.15) is 0 Å². The number of nitrogens with zero attached hydrogens (tertiary/aromatic N) is 2. The number of hydrogen-bond donors (Lipinski definition) is 0. The van der Waals surface area contributed by atoms with Gasteiger partial charge in [-0.15, -0.1) is 6.42 Å². The molecule has 3 nitrogen and oxygen atoms in total. The van der Waals surface area contributed by atoms with Crippen molar-refractivity contribution in [3.8, 4) is 12.3 Å². The average molecular weight is 263 g/mol. The first-order valence-corrected chi connectivity index (χ1v) is 5.12. The first-order valence-electron chi connectivity index (χ1n) is 4.32.